The molecule has 2 aromatic carbocycles. The van der Waals surface area contributed by atoms with Crippen LogP contribution in [-0.2, 0) is 4.79 Å². The Kier molecular flexibility index (Phi) is 4.82. The van der Waals surface area contributed by atoms with Crippen molar-refractivity contribution in [3.8, 4) is 0 Å². The number of hydrogen-bond donors (Lipinski definition) is 2. The molecule has 0 heterocycles. The number of anilines is 2. The van der Waals surface area contributed by atoms with Gasteiger partial charge < -0.3 is 10.6 Å². The molecule has 3 nitrogen and oxygen atoms in total. The molecule has 2 N–H and O–H groups in total. The molecule has 0 unspecified atom stereocenters. The quantitative estimate of drug-likeness (QED) is 0.889. The van der Waals surface area contributed by atoms with Gasteiger partial charge in [0.1, 0.15) is 5.82 Å². The van der Waals surface area contributed by atoms with Crippen LogP contribution < -0.4 is 10.6 Å². The van der Waals surface area contributed by atoms with Gasteiger partial charge in [0, 0.05) is 15.7 Å². The average Bonchev–Trinajstić information content (AvgIpc) is 2.40. The summed E-state index contributed by atoms with van der Waals surface area (Å²) in [6, 6.07) is 10.9. The van der Waals surface area contributed by atoms with Crippen LogP contribution in [0.5, 0.6) is 0 Å². The van der Waals surface area contributed by atoms with Crippen molar-refractivity contribution in [1.82, 2.24) is 0 Å². The number of amides is 1. The minimum Gasteiger partial charge on any atom is -0.374 e. The van der Waals surface area contributed by atoms with Crippen molar-refractivity contribution >= 4 is 40.5 Å². The van der Waals surface area contributed by atoms with Gasteiger partial charge in [-0.25, -0.2) is 4.39 Å². The fraction of sp³-hybridized carbons (Fsp3) is 0.0714. The molecule has 0 aliphatic heterocycles. The van der Waals surface area contributed by atoms with Gasteiger partial charge in [0.05, 0.1) is 12.2 Å². The van der Waals surface area contributed by atoms with Gasteiger partial charge in [0.15, 0.2) is 0 Å². The monoisotopic (exact) mass is 312 g/mol. The van der Waals surface area contributed by atoms with Gasteiger partial charge in [-0.3, -0.25) is 4.79 Å². The van der Waals surface area contributed by atoms with Crippen LogP contribution in [-0.4, -0.2) is 12.5 Å². The smallest absolute Gasteiger partial charge is 0.243 e. The maximum atomic E-state index is 13.4. The molecule has 0 aliphatic rings. The second-order valence-electron chi connectivity index (χ2n) is 4.04. The number of carbonyl (C=O) groups is 1. The molecule has 0 saturated carbocycles. The van der Waals surface area contributed by atoms with Crippen molar-refractivity contribution < 1.29 is 9.18 Å². The summed E-state index contributed by atoms with van der Waals surface area (Å²) in [5, 5.41) is 6.25. The van der Waals surface area contributed by atoms with Crippen LogP contribution >= 0.6 is 23.2 Å². The Morgan fingerprint density at radius 2 is 1.85 bits per heavy atom. The third-order valence-electron chi connectivity index (χ3n) is 2.48. The fourth-order valence-corrected chi connectivity index (χ4v) is 1.94. The number of nitrogens with one attached hydrogen (secondary N) is 2. The highest BCUT2D eigenvalue weighted by atomic mass is 35.5. The Morgan fingerprint density at radius 3 is 2.60 bits per heavy atom. The molecule has 2 rings (SSSR count). The maximum absolute atomic E-state index is 13.4. The zero-order chi connectivity index (χ0) is 14.5. The second-order valence-corrected chi connectivity index (χ2v) is 4.91. The van der Waals surface area contributed by atoms with Gasteiger partial charge >= 0.3 is 0 Å². The highest BCUT2D eigenvalue weighted by molar-refractivity contribution is 6.31. The molecule has 0 fully saturated rings. The van der Waals surface area contributed by atoms with E-state index in [0.717, 1.165) is 0 Å². The largest absolute Gasteiger partial charge is 0.374 e. The molecular weight excluding hydrogens is 302 g/mol. The first-order valence-corrected chi connectivity index (χ1v) is 6.54. The molecular formula is C14H11Cl2FN2O. The van der Waals surface area contributed by atoms with Crippen molar-refractivity contribution in [2.45, 2.75) is 0 Å². The summed E-state index contributed by atoms with van der Waals surface area (Å²) in [4.78, 5) is 11.7. The van der Waals surface area contributed by atoms with Gasteiger partial charge in [-0.1, -0.05) is 29.3 Å². The third kappa shape index (κ3) is 4.11. The molecule has 0 aliphatic carbocycles. The summed E-state index contributed by atoms with van der Waals surface area (Å²) >= 11 is 11.6. The van der Waals surface area contributed by atoms with E-state index >= 15 is 0 Å². The molecule has 0 spiro atoms. The lowest BCUT2D eigenvalue weighted by Gasteiger charge is -2.09. The Morgan fingerprint density at radius 1 is 1.10 bits per heavy atom. The number of carbonyl (C=O) groups excluding carboxylic acids is 1. The highest BCUT2D eigenvalue weighted by Gasteiger charge is 2.06. The van der Waals surface area contributed by atoms with Crippen LogP contribution in [0.4, 0.5) is 15.8 Å². The van der Waals surface area contributed by atoms with Crippen molar-refractivity contribution in [1.29, 1.82) is 0 Å². The molecule has 1 amide bonds. The zero-order valence-corrected chi connectivity index (χ0v) is 11.8. The van der Waals surface area contributed by atoms with Crippen LogP contribution in [0.2, 0.25) is 10.0 Å². The topological polar surface area (TPSA) is 41.1 Å². The molecule has 0 bridgehead atoms. The molecule has 2 aromatic rings. The van der Waals surface area contributed by atoms with Crippen molar-refractivity contribution in [3.05, 3.63) is 58.3 Å². The lowest BCUT2D eigenvalue weighted by Crippen LogP contribution is -2.22. The maximum Gasteiger partial charge on any atom is 0.243 e. The van der Waals surface area contributed by atoms with E-state index in [0.29, 0.717) is 15.7 Å². The first-order valence-electron chi connectivity index (χ1n) is 5.79. The van der Waals surface area contributed by atoms with Crippen molar-refractivity contribution in [3.63, 3.8) is 0 Å². The van der Waals surface area contributed by atoms with E-state index in [2.05, 4.69) is 10.6 Å². The SMILES string of the molecule is O=C(CNc1cc(Cl)ccc1F)Nc1cccc(Cl)c1. The Hall–Kier alpha value is -1.78. The average molecular weight is 313 g/mol. The molecule has 104 valence electrons. The first-order chi connectivity index (χ1) is 9.54. The highest BCUT2D eigenvalue weighted by Crippen LogP contribution is 2.19. The molecule has 20 heavy (non-hydrogen) atoms. The van der Waals surface area contributed by atoms with E-state index in [1.165, 1.54) is 18.2 Å². The van der Waals surface area contributed by atoms with Crippen LogP contribution in [0.3, 0.4) is 0 Å². The van der Waals surface area contributed by atoms with Gasteiger partial charge in [0.2, 0.25) is 5.91 Å². The van der Waals surface area contributed by atoms with Crippen molar-refractivity contribution in [2.75, 3.05) is 17.2 Å². The van der Waals surface area contributed by atoms with E-state index in [4.69, 9.17) is 23.2 Å². The molecule has 0 saturated heterocycles. The fourth-order valence-electron chi connectivity index (χ4n) is 1.58. The summed E-state index contributed by atoms with van der Waals surface area (Å²) in [5.41, 5.74) is 0.759. The molecule has 0 atom stereocenters. The predicted molar refractivity (Wildman–Crippen MR) is 80.0 cm³/mol. The Labute approximate surface area is 125 Å². The molecule has 0 aromatic heterocycles. The minimum absolute atomic E-state index is 0.0796. The Bertz CT molecular complexity index is 634. The van der Waals surface area contributed by atoms with E-state index in [1.54, 1.807) is 24.3 Å². The van der Waals surface area contributed by atoms with E-state index in [-0.39, 0.29) is 18.1 Å². The summed E-state index contributed by atoms with van der Waals surface area (Å²) < 4.78 is 13.4. The number of halogens is 3. The van der Waals surface area contributed by atoms with Gasteiger partial charge in [0.25, 0.3) is 0 Å². The summed E-state index contributed by atoms with van der Waals surface area (Å²) in [5.74, 6) is -0.781. The number of benzene rings is 2. The lowest BCUT2D eigenvalue weighted by atomic mass is 10.3. The molecule has 6 heteroatoms. The second kappa shape index (κ2) is 6.59. The number of hydrogen-bond acceptors (Lipinski definition) is 2. The van der Waals surface area contributed by atoms with E-state index < -0.39 is 5.82 Å². The van der Waals surface area contributed by atoms with E-state index in [1.807, 2.05) is 0 Å². The minimum atomic E-state index is -0.468. The number of rotatable bonds is 4. The summed E-state index contributed by atoms with van der Waals surface area (Å²) in [6.45, 7) is -0.0796. The Balaban J connectivity index is 1.94. The summed E-state index contributed by atoms with van der Waals surface area (Å²) in [7, 11) is 0. The van der Waals surface area contributed by atoms with Gasteiger partial charge in [-0.2, -0.15) is 0 Å². The van der Waals surface area contributed by atoms with Crippen LogP contribution in [0.1, 0.15) is 0 Å². The first kappa shape index (κ1) is 14.6. The van der Waals surface area contributed by atoms with Crippen LogP contribution in [0, 0.1) is 5.82 Å². The van der Waals surface area contributed by atoms with Gasteiger partial charge in [-0.15, -0.1) is 0 Å². The van der Waals surface area contributed by atoms with Crippen LogP contribution in [0.15, 0.2) is 42.5 Å². The summed E-state index contributed by atoms with van der Waals surface area (Å²) in [6.07, 6.45) is 0. The predicted octanol–water partition coefficient (Wildman–Crippen LogP) is 4.18. The van der Waals surface area contributed by atoms with Crippen molar-refractivity contribution in [2.24, 2.45) is 0 Å². The normalized spacial score (nSPS) is 10.2. The third-order valence-corrected chi connectivity index (χ3v) is 2.95. The van der Waals surface area contributed by atoms with Crippen LogP contribution in [0.25, 0.3) is 0 Å². The van der Waals surface area contributed by atoms with Gasteiger partial charge in [-0.05, 0) is 36.4 Å². The molecule has 0 radical (unpaired) electrons. The lowest BCUT2D eigenvalue weighted by molar-refractivity contribution is -0.114. The van der Waals surface area contributed by atoms with E-state index in [9.17, 15) is 9.18 Å². The zero-order valence-electron chi connectivity index (χ0n) is 10.3. The standard InChI is InChI=1S/C14H11Cl2FN2O/c15-9-2-1-3-11(6-9)19-14(20)8-18-13-7-10(16)4-5-12(13)17/h1-7,18H,8H2,(H,19,20).